The molecule has 2 aliphatic rings. The number of rotatable bonds is 6. The van der Waals surface area contributed by atoms with Gasteiger partial charge in [-0.15, -0.1) is 5.10 Å². The van der Waals surface area contributed by atoms with Crippen molar-refractivity contribution in [3.63, 3.8) is 0 Å². The zero-order valence-electron chi connectivity index (χ0n) is 16.9. The van der Waals surface area contributed by atoms with Crippen molar-refractivity contribution >= 4 is 49.0 Å². The van der Waals surface area contributed by atoms with Gasteiger partial charge in [0.2, 0.25) is 19.4 Å². The normalized spacial score (nSPS) is 17.2. The molecule has 0 saturated heterocycles. The Hall–Kier alpha value is -3.44. The molecule has 2 aliphatic heterocycles. The second-order valence-electron chi connectivity index (χ2n) is 6.74. The number of hydrogen-bond acceptors (Lipinski definition) is 8. The van der Waals surface area contributed by atoms with E-state index in [1.54, 1.807) is 24.3 Å². The van der Waals surface area contributed by atoms with Gasteiger partial charge in [-0.2, -0.15) is 10.0 Å². The molecule has 164 valence electrons. The molecule has 0 fully saturated rings. The molecule has 2 aromatic carbocycles. The summed E-state index contributed by atoms with van der Waals surface area (Å²) in [4.78, 5) is 16.3. The van der Waals surface area contributed by atoms with E-state index in [0.29, 0.717) is 24.5 Å². The molecule has 1 N–H and O–H groups in total. The van der Waals surface area contributed by atoms with E-state index in [4.69, 9.17) is 14.9 Å². The molecule has 0 aliphatic carbocycles. The van der Waals surface area contributed by atoms with Crippen molar-refractivity contribution in [1.29, 1.82) is 5.41 Å². The lowest BCUT2D eigenvalue weighted by Gasteiger charge is -2.20. The summed E-state index contributed by atoms with van der Waals surface area (Å²) in [7, 11) is -3.57. The lowest BCUT2D eigenvalue weighted by molar-refractivity contribution is -0.114. The molecule has 0 bridgehead atoms. The number of para-hydroxylation sites is 1. The van der Waals surface area contributed by atoms with Crippen molar-refractivity contribution in [3.05, 3.63) is 65.7 Å². The van der Waals surface area contributed by atoms with Gasteiger partial charge in [0, 0.05) is 6.26 Å². The topological polar surface area (TPSA) is 121 Å². The number of sulfone groups is 1. The van der Waals surface area contributed by atoms with E-state index in [0.717, 1.165) is 28.8 Å². The second kappa shape index (κ2) is 8.97. The van der Waals surface area contributed by atoms with Gasteiger partial charge in [-0.3, -0.25) is 10.2 Å². The Balaban J connectivity index is 1.40. The van der Waals surface area contributed by atoms with Gasteiger partial charge in [-0.05, 0) is 47.7 Å². The van der Waals surface area contributed by atoms with E-state index in [-0.39, 0.29) is 21.0 Å². The minimum atomic E-state index is -3.57. The quantitative estimate of drug-likeness (QED) is 0.509. The molecular weight excluding hydrogens is 452 g/mol. The maximum Gasteiger partial charge on any atom is 0.283 e. The first-order valence-electron chi connectivity index (χ1n) is 9.42. The van der Waals surface area contributed by atoms with Crippen LogP contribution in [0.25, 0.3) is 6.08 Å². The number of amidine groups is 2. The number of nitrogens with one attached hydrogen (secondary N) is 1. The van der Waals surface area contributed by atoms with E-state index in [1.807, 2.05) is 30.3 Å². The predicted octanol–water partition coefficient (Wildman–Crippen LogP) is 2.77. The number of carbonyl (C=O) groups excluding carboxylic acids is 1. The second-order valence-corrected chi connectivity index (χ2v) is 9.88. The molecular formula is C21H18N4O5S2. The van der Waals surface area contributed by atoms with Gasteiger partial charge in [-0.25, -0.2) is 8.42 Å². The van der Waals surface area contributed by atoms with Crippen LogP contribution >= 0.6 is 11.8 Å². The van der Waals surface area contributed by atoms with E-state index in [1.165, 1.54) is 6.08 Å². The summed E-state index contributed by atoms with van der Waals surface area (Å²) < 4.78 is 34.5. The summed E-state index contributed by atoms with van der Waals surface area (Å²) in [5.74, 6) is 0.544. The highest BCUT2D eigenvalue weighted by molar-refractivity contribution is 8.42. The maximum absolute atomic E-state index is 12.4. The lowest BCUT2D eigenvalue weighted by Crippen LogP contribution is -2.35. The smallest absolute Gasteiger partial charge is 0.283 e. The summed E-state index contributed by atoms with van der Waals surface area (Å²) in [6, 6.07) is 16.4. The average molecular weight is 471 g/mol. The molecule has 11 heteroatoms. The number of fused-ring (bicyclic) bond motifs is 1. The van der Waals surface area contributed by atoms with E-state index < -0.39 is 15.7 Å². The van der Waals surface area contributed by atoms with Crippen molar-refractivity contribution in [2.45, 2.75) is 0 Å². The summed E-state index contributed by atoms with van der Waals surface area (Å²) in [5, 5.41) is 13.3. The van der Waals surface area contributed by atoms with Crippen LogP contribution in [0.5, 0.6) is 11.5 Å². The molecule has 32 heavy (non-hydrogen) atoms. The number of hydrazone groups is 1. The Labute approximate surface area is 188 Å². The Morgan fingerprint density at radius 2 is 1.66 bits per heavy atom. The Bertz CT molecular complexity index is 1250. The Morgan fingerprint density at radius 1 is 1.03 bits per heavy atom. The fraction of sp³-hybridized carbons (Fsp3) is 0.143. The van der Waals surface area contributed by atoms with Gasteiger partial charge in [0.05, 0.1) is 5.57 Å². The fourth-order valence-electron chi connectivity index (χ4n) is 2.79. The van der Waals surface area contributed by atoms with Crippen molar-refractivity contribution in [2.24, 2.45) is 10.1 Å². The minimum Gasteiger partial charge on any atom is -0.490 e. The van der Waals surface area contributed by atoms with Crippen molar-refractivity contribution in [3.8, 4) is 11.5 Å². The van der Waals surface area contributed by atoms with Crippen LogP contribution in [0.3, 0.4) is 0 Å². The van der Waals surface area contributed by atoms with Gasteiger partial charge >= 0.3 is 0 Å². The first-order chi connectivity index (χ1) is 15.3. The molecule has 0 aromatic heterocycles. The van der Waals surface area contributed by atoms with Gasteiger partial charge in [0.25, 0.3) is 5.91 Å². The number of thioether (sulfide) groups is 1. The number of amides is 1. The largest absolute Gasteiger partial charge is 0.490 e. The fourth-order valence-corrected chi connectivity index (χ4v) is 4.47. The third kappa shape index (κ3) is 4.89. The predicted molar refractivity (Wildman–Crippen MR) is 124 cm³/mol. The van der Waals surface area contributed by atoms with E-state index in [2.05, 4.69) is 10.1 Å². The third-order valence-electron chi connectivity index (χ3n) is 4.31. The summed E-state index contributed by atoms with van der Waals surface area (Å²) in [6.07, 6.45) is 2.52. The van der Waals surface area contributed by atoms with Crippen LogP contribution in [0.2, 0.25) is 0 Å². The number of benzene rings is 2. The van der Waals surface area contributed by atoms with Gasteiger partial charge in [0.15, 0.2) is 5.84 Å². The molecule has 0 saturated carbocycles. The molecule has 9 nitrogen and oxygen atoms in total. The zero-order valence-corrected chi connectivity index (χ0v) is 18.5. The van der Waals surface area contributed by atoms with E-state index in [9.17, 15) is 13.2 Å². The Morgan fingerprint density at radius 3 is 2.28 bits per heavy atom. The highest BCUT2D eigenvalue weighted by Crippen LogP contribution is 2.30. The Kier molecular flexibility index (Phi) is 6.10. The van der Waals surface area contributed by atoms with Crippen LogP contribution in [-0.2, 0) is 14.6 Å². The van der Waals surface area contributed by atoms with Gasteiger partial charge in [0.1, 0.15) is 24.7 Å². The molecule has 2 heterocycles. The number of hydrogen-bond donors (Lipinski definition) is 1. The molecule has 0 spiro atoms. The van der Waals surface area contributed by atoms with Crippen LogP contribution in [0.1, 0.15) is 5.56 Å². The van der Waals surface area contributed by atoms with E-state index >= 15 is 0 Å². The van der Waals surface area contributed by atoms with Crippen LogP contribution in [0, 0.1) is 5.41 Å². The van der Waals surface area contributed by atoms with Crippen LogP contribution in [0.15, 0.2) is 70.3 Å². The maximum atomic E-state index is 12.4. The SMILES string of the molecule is CS(=O)(=O)C1=NN2C(=N)/C(=C\c3ccc(OCCOc4ccccc4)cc3)C(=O)N=C2S1. The molecule has 0 unspecified atom stereocenters. The number of nitrogens with zero attached hydrogens (tertiary/aromatic N) is 3. The average Bonchev–Trinajstić information content (AvgIpc) is 3.21. The third-order valence-corrected chi connectivity index (χ3v) is 6.89. The van der Waals surface area contributed by atoms with Crippen LogP contribution in [0.4, 0.5) is 0 Å². The van der Waals surface area contributed by atoms with Crippen molar-refractivity contribution in [1.82, 2.24) is 5.01 Å². The minimum absolute atomic E-state index is 0.0118. The number of ether oxygens (including phenoxy) is 2. The standard InChI is InChI=1S/C21H18N4O5S2/c1-32(27,28)21-24-25-18(22)17(19(26)23-20(25)31-21)13-14-7-9-16(10-8-14)30-12-11-29-15-5-3-2-4-6-15/h2-10,13,22H,11-12H2,1H3/b17-13+,22-18?. The molecule has 0 radical (unpaired) electrons. The number of carbonyl (C=O) groups is 1. The molecule has 2 aromatic rings. The number of aliphatic imine (C=N–C) groups is 1. The lowest BCUT2D eigenvalue weighted by atomic mass is 10.1. The van der Waals surface area contributed by atoms with Gasteiger partial charge in [-0.1, -0.05) is 30.3 Å². The summed E-state index contributed by atoms with van der Waals surface area (Å²) in [5.41, 5.74) is 0.668. The monoisotopic (exact) mass is 470 g/mol. The van der Waals surface area contributed by atoms with Crippen LogP contribution < -0.4 is 9.47 Å². The first-order valence-corrected chi connectivity index (χ1v) is 12.1. The molecule has 1 amide bonds. The highest BCUT2D eigenvalue weighted by atomic mass is 32.3. The van der Waals surface area contributed by atoms with Crippen molar-refractivity contribution in [2.75, 3.05) is 19.5 Å². The van der Waals surface area contributed by atoms with Crippen LogP contribution in [-0.4, -0.2) is 54.2 Å². The highest BCUT2D eigenvalue weighted by Gasteiger charge is 2.38. The summed E-state index contributed by atoms with van der Waals surface area (Å²) in [6.45, 7) is 0.759. The zero-order chi connectivity index (χ0) is 22.7. The van der Waals surface area contributed by atoms with Crippen molar-refractivity contribution < 1.29 is 22.7 Å². The van der Waals surface area contributed by atoms with Gasteiger partial charge < -0.3 is 9.47 Å². The first kappa shape index (κ1) is 21.8. The molecule has 4 rings (SSSR count). The summed E-state index contributed by atoms with van der Waals surface area (Å²) >= 11 is 0.750. The molecule has 0 atom stereocenters.